The summed E-state index contributed by atoms with van der Waals surface area (Å²) in [5.41, 5.74) is 4.96. The van der Waals surface area contributed by atoms with Crippen molar-refractivity contribution in [1.29, 1.82) is 0 Å². The highest BCUT2D eigenvalue weighted by molar-refractivity contribution is 8.00. The van der Waals surface area contributed by atoms with E-state index in [2.05, 4.69) is 75.5 Å². The number of carbonyl (C=O) groups excluding carboxylic acids is 1. The molecule has 2 rings (SSSR count). The molecule has 2 aromatic carbocycles. The monoisotopic (exact) mass is 341 g/mol. The number of rotatable bonds is 6. The minimum atomic E-state index is -0.117. The van der Waals surface area contributed by atoms with Gasteiger partial charge in [0.2, 0.25) is 5.91 Å². The average molecular weight is 342 g/mol. The second kappa shape index (κ2) is 8.39. The summed E-state index contributed by atoms with van der Waals surface area (Å²) in [5, 5.41) is 3.08. The summed E-state index contributed by atoms with van der Waals surface area (Å²) >= 11 is 1.60. The molecule has 1 amide bonds. The number of thioether (sulfide) groups is 1. The van der Waals surface area contributed by atoms with Crippen molar-refractivity contribution in [3.63, 3.8) is 0 Å². The van der Waals surface area contributed by atoms with E-state index in [9.17, 15) is 4.79 Å². The molecule has 3 heteroatoms. The summed E-state index contributed by atoms with van der Waals surface area (Å²) < 4.78 is 0. The first-order chi connectivity index (χ1) is 11.4. The average Bonchev–Trinajstić information content (AvgIpc) is 2.57. The molecule has 2 aromatic rings. The Labute approximate surface area is 150 Å². The maximum Gasteiger partial charge on any atom is 0.233 e. The molecule has 0 saturated heterocycles. The Morgan fingerprint density at radius 1 is 1.04 bits per heavy atom. The molecule has 0 aliphatic rings. The summed E-state index contributed by atoms with van der Waals surface area (Å²) in [6.07, 6.45) is 0.885. The van der Waals surface area contributed by atoms with Gasteiger partial charge in [-0.25, -0.2) is 0 Å². The maximum atomic E-state index is 12.6. The fourth-order valence-corrected chi connectivity index (χ4v) is 3.44. The van der Waals surface area contributed by atoms with Crippen molar-refractivity contribution in [2.45, 2.75) is 57.2 Å². The highest BCUT2D eigenvalue weighted by Crippen LogP contribution is 2.25. The zero-order valence-electron chi connectivity index (χ0n) is 15.2. The molecule has 0 fully saturated rings. The fourth-order valence-electron chi connectivity index (χ4n) is 2.57. The van der Waals surface area contributed by atoms with Crippen LogP contribution in [0, 0.1) is 20.8 Å². The topological polar surface area (TPSA) is 29.1 Å². The van der Waals surface area contributed by atoms with Crippen LogP contribution < -0.4 is 5.32 Å². The Bertz CT molecular complexity index is 693. The van der Waals surface area contributed by atoms with Crippen LogP contribution in [0.1, 0.15) is 48.6 Å². The van der Waals surface area contributed by atoms with Gasteiger partial charge in [-0.15, -0.1) is 11.8 Å². The lowest BCUT2D eigenvalue weighted by Gasteiger charge is -2.21. The van der Waals surface area contributed by atoms with Gasteiger partial charge < -0.3 is 5.32 Å². The van der Waals surface area contributed by atoms with E-state index in [0.717, 1.165) is 11.3 Å². The summed E-state index contributed by atoms with van der Waals surface area (Å²) in [7, 11) is 0. The summed E-state index contributed by atoms with van der Waals surface area (Å²) in [5.74, 6) is 0.0886. The molecule has 0 saturated carbocycles. The van der Waals surface area contributed by atoms with E-state index in [-0.39, 0.29) is 17.2 Å². The molecule has 2 atom stereocenters. The van der Waals surface area contributed by atoms with Crippen LogP contribution in [0.2, 0.25) is 0 Å². The third-order valence-corrected chi connectivity index (χ3v) is 5.47. The number of nitrogens with one attached hydrogen (secondary N) is 1. The van der Waals surface area contributed by atoms with Crippen LogP contribution in [0.4, 0.5) is 0 Å². The summed E-state index contributed by atoms with van der Waals surface area (Å²) in [4.78, 5) is 13.7. The van der Waals surface area contributed by atoms with E-state index in [1.54, 1.807) is 11.8 Å². The molecular formula is C21H27NOS. The third kappa shape index (κ3) is 4.88. The molecule has 24 heavy (non-hydrogen) atoms. The van der Waals surface area contributed by atoms with Gasteiger partial charge in [0.15, 0.2) is 0 Å². The first-order valence-corrected chi connectivity index (χ1v) is 9.39. The Kier molecular flexibility index (Phi) is 6.50. The number of hydrogen-bond donors (Lipinski definition) is 1. The van der Waals surface area contributed by atoms with Gasteiger partial charge in [-0.05, 0) is 62.9 Å². The van der Waals surface area contributed by atoms with E-state index in [1.807, 2.05) is 6.92 Å². The second-order valence-electron chi connectivity index (χ2n) is 6.39. The predicted octanol–water partition coefficient (Wildman–Crippen LogP) is 5.36. The molecule has 0 heterocycles. The minimum Gasteiger partial charge on any atom is -0.348 e. The molecule has 0 spiro atoms. The van der Waals surface area contributed by atoms with Crippen molar-refractivity contribution < 1.29 is 4.79 Å². The standard InChI is InChI=1S/C21H27NOS/c1-6-20(18-10-9-15(3)16(4)13-18)22-21(23)17(5)24-19-11-7-14(2)8-12-19/h7-13,17,20H,6H2,1-5H3,(H,22,23)/t17-,20+/m0/s1. The normalized spacial score (nSPS) is 13.4. The lowest BCUT2D eigenvalue weighted by atomic mass is 9.99. The molecule has 0 bridgehead atoms. The van der Waals surface area contributed by atoms with E-state index in [1.165, 1.54) is 22.3 Å². The van der Waals surface area contributed by atoms with Crippen LogP contribution in [0.3, 0.4) is 0 Å². The highest BCUT2D eigenvalue weighted by atomic mass is 32.2. The number of carbonyl (C=O) groups is 1. The van der Waals surface area contributed by atoms with Crippen LogP contribution in [0.15, 0.2) is 47.4 Å². The van der Waals surface area contributed by atoms with Crippen molar-refractivity contribution in [1.82, 2.24) is 5.32 Å². The van der Waals surface area contributed by atoms with Gasteiger partial charge in [0, 0.05) is 4.90 Å². The lowest BCUT2D eigenvalue weighted by Crippen LogP contribution is -2.34. The first-order valence-electron chi connectivity index (χ1n) is 8.51. The van der Waals surface area contributed by atoms with Gasteiger partial charge in [0.05, 0.1) is 11.3 Å². The van der Waals surface area contributed by atoms with E-state index in [0.29, 0.717) is 0 Å². The van der Waals surface area contributed by atoms with E-state index in [4.69, 9.17) is 0 Å². The quantitative estimate of drug-likeness (QED) is 0.717. The highest BCUT2D eigenvalue weighted by Gasteiger charge is 2.19. The summed E-state index contributed by atoms with van der Waals surface area (Å²) in [6, 6.07) is 14.8. The first kappa shape index (κ1) is 18.6. The lowest BCUT2D eigenvalue weighted by molar-refractivity contribution is -0.121. The van der Waals surface area contributed by atoms with E-state index >= 15 is 0 Å². The predicted molar refractivity (Wildman–Crippen MR) is 104 cm³/mol. The van der Waals surface area contributed by atoms with Crippen LogP contribution >= 0.6 is 11.8 Å². The zero-order valence-corrected chi connectivity index (χ0v) is 16.0. The van der Waals surface area contributed by atoms with Crippen molar-refractivity contribution in [3.05, 3.63) is 64.7 Å². The number of benzene rings is 2. The van der Waals surface area contributed by atoms with Crippen LogP contribution in [-0.4, -0.2) is 11.2 Å². The van der Waals surface area contributed by atoms with Gasteiger partial charge in [-0.2, -0.15) is 0 Å². The van der Waals surface area contributed by atoms with Crippen molar-refractivity contribution in [2.24, 2.45) is 0 Å². The smallest absolute Gasteiger partial charge is 0.233 e. The van der Waals surface area contributed by atoms with Crippen LogP contribution in [-0.2, 0) is 4.79 Å². The largest absolute Gasteiger partial charge is 0.348 e. The van der Waals surface area contributed by atoms with Crippen LogP contribution in [0.5, 0.6) is 0 Å². The molecule has 0 unspecified atom stereocenters. The van der Waals surface area contributed by atoms with Gasteiger partial charge >= 0.3 is 0 Å². The van der Waals surface area contributed by atoms with Crippen molar-refractivity contribution in [3.8, 4) is 0 Å². The maximum absolute atomic E-state index is 12.6. The Balaban J connectivity index is 2.02. The Morgan fingerprint density at radius 2 is 1.71 bits per heavy atom. The Morgan fingerprint density at radius 3 is 2.29 bits per heavy atom. The molecule has 0 aromatic heterocycles. The van der Waals surface area contributed by atoms with Crippen molar-refractivity contribution in [2.75, 3.05) is 0 Å². The molecule has 0 aliphatic heterocycles. The third-order valence-electron chi connectivity index (χ3n) is 4.36. The number of aryl methyl sites for hydroxylation is 3. The molecule has 128 valence electrons. The Hall–Kier alpha value is -1.74. The summed E-state index contributed by atoms with van der Waals surface area (Å²) in [6.45, 7) is 10.4. The zero-order chi connectivity index (χ0) is 17.7. The molecule has 0 aliphatic carbocycles. The van der Waals surface area contributed by atoms with Gasteiger partial charge in [-0.1, -0.05) is 42.8 Å². The van der Waals surface area contributed by atoms with Crippen molar-refractivity contribution >= 4 is 17.7 Å². The number of hydrogen-bond acceptors (Lipinski definition) is 2. The molecule has 0 radical (unpaired) electrons. The van der Waals surface area contributed by atoms with E-state index < -0.39 is 0 Å². The SMILES string of the molecule is CC[C@@H](NC(=O)[C@H](C)Sc1ccc(C)cc1)c1ccc(C)c(C)c1. The fraction of sp³-hybridized carbons (Fsp3) is 0.381. The molecular weight excluding hydrogens is 314 g/mol. The molecule has 2 nitrogen and oxygen atoms in total. The van der Waals surface area contributed by atoms with Gasteiger partial charge in [0.1, 0.15) is 0 Å². The van der Waals surface area contributed by atoms with Crippen LogP contribution in [0.25, 0.3) is 0 Å². The second-order valence-corrected chi connectivity index (χ2v) is 7.80. The van der Waals surface area contributed by atoms with Gasteiger partial charge in [0.25, 0.3) is 0 Å². The molecule has 1 N–H and O–H groups in total. The minimum absolute atomic E-state index is 0.0675. The van der Waals surface area contributed by atoms with Gasteiger partial charge in [-0.3, -0.25) is 4.79 Å². The number of amides is 1.